The van der Waals surface area contributed by atoms with Crippen molar-refractivity contribution in [1.29, 1.82) is 0 Å². The van der Waals surface area contributed by atoms with Crippen LogP contribution in [0.25, 0.3) is 15.5 Å². The van der Waals surface area contributed by atoms with E-state index in [1.807, 2.05) is 42.5 Å². The molecule has 3 aromatic heterocycles. The molecule has 0 radical (unpaired) electrons. The third-order valence-electron chi connectivity index (χ3n) is 3.09. The lowest BCUT2D eigenvalue weighted by Crippen LogP contribution is -2.02. The van der Waals surface area contributed by atoms with Crippen LogP contribution in [0, 0.1) is 0 Å². The summed E-state index contributed by atoms with van der Waals surface area (Å²) in [5, 5.41) is 13.7. The van der Waals surface area contributed by atoms with Crippen LogP contribution in [0.3, 0.4) is 0 Å². The zero-order chi connectivity index (χ0) is 14.8. The molecule has 6 nitrogen and oxygen atoms in total. The first-order valence-electron chi connectivity index (χ1n) is 6.69. The van der Waals surface area contributed by atoms with Crippen molar-refractivity contribution in [1.82, 2.24) is 24.8 Å². The number of pyridine rings is 1. The SMILES string of the molecule is c1ccc(OCc2nnc3sc(-c4ccncc4)nn23)cc1. The minimum atomic E-state index is 0.324. The number of benzene rings is 1. The number of nitrogens with zero attached hydrogens (tertiary/aromatic N) is 5. The smallest absolute Gasteiger partial charge is 0.235 e. The van der Waals surface area contributed by atoms with Crippen LogP contribution in [-0.2, 0) is 6.61 Å². The van der Waals surface area contributed by atoms with E-state index in [2.05, 4.69) is 20.3 Å². The zero-order valence-corrected chi connectivity index (χ0v) is 12.3. The Morgan fingerprint density at radius 3 is 2.64 bits per heavy atom. The summed E-state index contributed by atoms with van der Waals surface area (Å²) in [6.07, 6.45) is 3.49. The van der Waals surface area contributed by atoms with Gasteiger partial charge in [0.05, 0.1) is 0 Å². The lowest BCUT2D eigenvalue weighted by Gasteiger charge is -2.02. The maximum absolute atomic E-state index is 5.70. The number of fused-ring (bicyclic) bond motifs is 1. The molecule has 0 amide bonds. The average molecular weight is 309 g/mol. The van der Waals surface area contributed by atoms with Crippen molar-refractivity contribution < 1.29 is 4.74 Å². The molecular formula is C15H11N5OS. The number of hydrogen-bond donors (Lipinski definition) is 0. The summed E-state index contributed by atoms with van der Waals surface area (Å²) in [6, 6.07) is 13.5. The van der Waals surface area contributed by atoms with Crippen LogP contribution in [-0.4, -0.2) is 24.8 Å². The van der Waals surface area contributed by atoms with Crippen molar-refractivity contribution in [3.05, 3.63) is 60.7 Å². The number of aromatic nitrogens is 5. The largest absolute Gasteiger partial charge is 0.486 e. The highest BCUT2D eigenvalue weighted by Gasteiger charge is 2.13. The van der Waals surface area contributed by atoms with Gasteiger partial charge in [0.25, 0.3) is 0 Å². The first kappa shape index (κ1) is 12.9. The predicted molar refractivity (Wildman–Crippen MR) is 82.7 cm³/mol. The molecule has 0 spiro atoms. The first-order chi connectivity index (χ1) is 10.9. The summed E-state index contributed by atoms with van der Waals surface area (Å²) in [6.45, 7) is 0.324. The summed E-state index contributed by atoms with van der Waals surface area (Å²) in [5.41, 5.74) is 1.01. The van der Waals surface area contributed by atoms with Crippen molar-refractivity contribution in [2.75, 3.05) is 0 Å². The van der Waals surface area contributed by atoms with Gasteiger partial charge in [-0.3, -0.25) is 4.98 Å². The van der Waals surface area contributed by atoms with Crippen molar-refractivity contribution in [2.45, 2.75) is 6.61 Å². The first-order valence-corrected chi connectivity index (χ1v) is 7.51. The van der Waals surface area contributed by atoms with Crippen molar-refractivity contribution >= 4 is 16.3 Å². The Hall–Kier alpha value is -2.80. The highest BCUT2D eigenvalue weighted by atomic mass is 32.1. The zero-order valence-electron chi connectivity index (χ0n) is 11.5. The van der Waals surface area contributed by atoms with Gasteiger partial charge >= 0.3 is 0 Å². The van der Waals surface area contributed by atoms with E-state index < -0.39 is 0 Å². The van der Waals surface area contributed by atoms with E-state index in [9.17, 15) is 0 Å². The minimum absolute atomic E-state index is 0.324. The number of rotatable bonds is 4. The molecule has 0 bridgehead atoms. The Kier molecular flexibility index (Phi) is 3.24. The Balaban J connectivity index is 1.61. The van der Waals surface area contributed by atoms with Crippen molar-refractivity contribution in [3.8, 4) is 16.3 Å². The molecule has 22 heavy (non-hydrogen) atoms. The monoisotopic (exact) mass is 309 g/mol. The number of ether oxygens (including phenoxy) is 1. The second-order valence-corrected chi connectivity index (χ2v) is 5.51. The van der Waals surface area contributed by atoms with E-state index in [0.717, 1.165) is 21.3 Å². The molecule has 0 aliphatic heterocycles. The van der Waals surface area contributed by atoms with Gasteiger partial charge in [-0.25, -0.2) is 0 Å². The molecular weight excluding hydrogens is 298 g/mol. The van der Waals surface area contributed by atoms with Gasteiger partial charge in [-0.05, 0) is 24.3 Å². The molecule has 7 heteroatoms. The molecule has 0 saturated heterocycles. The van der Waals surface area contributed by atoms with Gasteiger partial charge in [0.15, 0.2) is 5.82 Å². The van der Waals surface area contributed by atoms with Gasteiger partial charge in [0, 0.05) is 18.0 Å². The van der Waals surface area contributed by atoms with Crippen LogP contribution < -0.4 is 4.74 Å². The maximum Gasteiger partial charge on any atom is 0.235 e. The second-order valence-electron chi connectivity index (χ2n) is 4.56. The van der Waals surface area contributed by atoms with Crippen LogP contribution in [0.2, 0.25) is 0 Å². The Morgan fingerprint density at radius 2 is 1.82 bits per heavy atom. The van der Waals surface area contributed by atoms with Crippen LogP contribution in [0.5, 0.6) is 5.75 Å². The van der Waals surface area contributed by atoms with E-state index in [1.165, 1.54) is 11.3 Å². The molecule has 0 unspecified atom stereocenters. The average Bonchev–Trinajstić information content (AvgIpc) is 3.16. The van der Waals surface area contributed by atoms with Crippen LogP contribution in [0.4, 0.5) is 0 Å². The highest BCUT2D eigenvalue weighted by Crippen LogP contribution is 2.24. The molecule has 108 valence electrons. The molecule has 0 fully saturated rings. The van der Waals surface area contributed by atoms with E-state index in [4.69, 9.17) is 4.74 Å². The van der Waals surface area contributed by atoms with Crippen LogP contribution in [0.1, 0.15) is 5.82 Å². The van der Waals surface area contributed by atoms with Crippen LogP contribution >= 0.6 is 11.3 Å². The molecule has 0 aliphatic rings. The third kappa shape index (κ3) is 2.42. The summed E-state index contributed by atoms with van der Waals surface area (Å²) in [7, 11) is 0. The fourth-order valence-corrected chi connectivity index (χ4v) is 2.89. The lowest BCUT2D eigenvalue weighted by molar-refractivity contribution is 0.293. The van der Waals surface area contributed by atoms with Gasteiger partial charge in [-0.15, -0.1) is 10.2 Å². The molecule has 0 saturated carbocycles. The topological polar surface area (TPSA) is 65.2 Å². The van der Waals surface area contributed by atoms with Gasteiger partial charge in [-0.1, -0.05) is 29.5 Å². The van der Waals surface area contributed by atoms with Crippen molar-refractivity contribution in [2.24, 2.45) is 0 Å². The molecule has 4 rings (SSSR count). The Morgan fingerprint density at radius 1 is 1.00 bits per heavy atom. The van der Waals surface area contributed by atoms with Crippen LogP contribution in [0.15, 0.2) is 54.9 Å². The van der Waals surface area contributed by atoms with Gasteiger partial charge < -0.3 is 4.74 Å². The summed E-state index contributed by atoms with van der Waals surface area (Å²) in [4.78, 5) is 4.76. The molecule has 0 atom stereocenters. The summed E-state index contributed by atoms with van der Waals surface area (Å²) >= 11 is 1.49. The highest BCUT2D eigenvalue weighted by molar-refractivity contribution is 7.19. The normalized spacial score (nSPS) is 10.9. The standard InChI is InChI=1S/C15H11N5OS/c1-2-4-12(5-3-1)21-10-13-17-18-15-20(13)19-14(22-15)11-6-8-16-9-7-11/h1-9H,10H2. The molecule has 0 aliphatic carbocycles. The molecule has 4 aromatic rings. The fourth-order valence-electron chi connectivity index (χ4n) is 2.02. The molecule has 3 heterocycles. The second kappa shape index (κ2) is 5.53. The Labute approximate surface area is 130 Å². The number of hydrogen-bond acceptors (Lipinski definition) is 6. The maximum atomic E-state index is 5.70. The van der Waals surface area contributed by atoms with E-state index in [-0.39, 0.29) is 0 Å². The quantitative estimate of drug-likeness (QED) is 0.580. The van der Waals surface area contributed by atoms with Crippen molar-refractivity contribution in [3.63, 3.8) is 0 Å². The Bertz CT molecular complexity index is 888. The summed E-state index contributed by atoms with van der Waals surface area (Å²) < 4.78 is 7.43. The summed E-state index contributed by atoms with van der Waals surface area (Å²) in [5.74, 6) is 1.47. The predicted octanol–water partition coefficient (Wildman–Crippen LogP) is 2.83. The van der Waals surface area contributed by atoms with Gasteiger partial charge in [0.1, 0.15) is 17.4 Å². The number of para-hydroxylation sites is 1. The van der Waals surface area contributed by atoms with Gasteiger partial charge in [-0.2, -0.15) is 9.61 Å². The lowest BCUT2D eigenvalue weighted by atomic mass is 10.3. The van der Waals surface area contributed by atoms with E-state index in [0.29, 0.717) is 12.4 Å². The molecule has 1 aromatic carbocycles. The van der Waals surface area contributed by atoms with E-state index in [1.54, 1.807) is 16.9 Å². The molecule has 0 N–H and O–H groups in total. The van der Waals surface area contributed by atoms with Gasteiger partial charge in [0.2, 0.25) is 4.96 Å². The van der Waals surface area contributed by atoms with E-state index >= 15 is 0 Å². The minimum Gasteiger partial charge on any atom is -0.486 e. The third-order valence-corrected chi connectivity index (χ3v) is 4.04. The fraction of sp³-hybridized carbons (Fsp3) is 0.0667.